The molecule has 0 aliphatic rings. The van der Waals surface area contributed by atoms with Crippen molar-refractivity contribution in [3.8, 4) is 33.5 Å². The van der Waals surface area contributed by atoms with Crippen LogP contribution in [0.25, 0.3) is 97.4 Å². The van der Waals surface area contributed by atoms with E-state index < -0.39 is 0 Å². The quantitative estimate of drug-likeness (QED) is 0.188. The molecule has 7 aromatic carbocycles. The van der Waals surface area contributed by atoms with E-state index >= 15 is 0 Å². The third-order valence-corrected chi connectivity index (χ3v) is 10.4. The smallest absolute Gasteiger partial charge is 0.246 e. The van der Waals surface area contributed by atoms with E-state index in [0.717, 1.165) is 49.6 Å². The number of benzene rings is 7. The van der Waals surface area contributed by atoms with Gasteiger partial charge in [-0.25, -0.2) is 9.97 Å². The summed E-state index contributed by atoms with van der Waals surface area (Å²) in [5, 5.41) is 8.21. The highest BCUT2D eigenvalue weighted by Gasteiger charge is 2.18. The van der Waals surface area contributed by atoms with Gasteiger partial charge in [-0.3, -0.25) is 0 Å². The van der Waals surface area contributed by atoms with Crippen LogP contribution in [0.5, 0.6) is 0 Å². The zero-order valence-electron chi connectivity index (χ0n) is 24.6. The van der Waals surface area contributed by atoms with Crippen molar-refractivity contribution < 1.29 is 4.42 Å². The Hall–Kier alpha value is -5.84. The number of fused-ring (bicyclic) bond motifs is 11. The lowest BCUT2D eigenvalue weighted by molar-refractivity contribution is 0.657. The summed E-state index contributed by atoms with van der Waals surface area (Å²) in [6.07, 6.45) is 1.87. The minimum atomic E-state index is 0.554. The molecular weight excluding hydrogens is 581 g/mol. The zero-order chi connectivity index (χ0) is 30.2. The Balaban J connectivity index is 1.09. The van der Waals surface area contributed by atoms with Gasteiger partial charge in [0, 0.05) is 31.1 Å². The second kappa shape index (κ2) is 9.83. The standard InChI is InChI=1S/C42H24N2OS/c1-3-17-33-30(14-1)31-15-2-4-18-34(31)40-38(33)39-42(45-40)44-36(24-43-39)28-13-8-11-26(23-28)25-10-7-12-27(22-25)29-19-9-20-35-32-16-5-6-21-37(32)46-41(29)35/h1-24H. The summed E-state index contributed by atoms with van der Waals surface area (Å²) in [6.45, 7) is 0. The van der Waals surface area contributed by atoms with Crippen molar-refractivity contribution in [1.82, 2.24) is 9.97 Å². The van der Waals surface area contributed by atoms with Gasteiger partial charge in [-0.2, -0.15) is 0 Å². The van der Waals surface area contributed by atoms with Gasteiger partial charge in [-0.05, 0) is 56.6 Å². The third-order valence-electron chi connectivity index (χ3n) is 9.13. The molecule has 10 aromatic rings. The maximum Gasteiger partial charge on any atom is 0.246 e. The Morgan fingerprint density at radius 1 is 0.500 bits per heavy atom. The van der Waals surface area contributed by atoms with Crippen LogP contribution in [-0.2, 0) is 0 Å². The molecule has 0 unspecified atom stereocenters. The lowest BCUT2D eigenvalue weighted by atomic mass is 9.96. The second-order valence-corrected chi connectivity index (χ2v) is 12.8. The van der Waals surface area contributed by atoms with Gasteiger partial charge in [-0.15, -0.1) is 11.3 Å². The molecule has 10 rings (SSSR count). The number of hydrogen-bond donors (Lipinski definition) is 0. The molecule has 0 N–H and O–H groups in total. The average molecular weight is 605 g/mol. The van der Waals surface area contributed by atoms with E-state index in [1.165, 1.54) is 42.1 Å². The lowest BCUT2D eigenvalue weighted by Crippen LogP contribution is -1.88. The summed E-state index contributed by atoms with van der Waals surface area (Å²) in [7, 11) is 0. The van der Waals surface area contributed by atoms with Gasteiger partial charge in [0.1, 0.15) is 11.1 Å². The number of hydrogen-bond acceptors (Lipinski definition) is 4. The van der Waals surface area contributed by atoms with Crippen molar-refractivity contribution >= 4 is 75.3 Å². The highest BCUT2D eigenvalue weighted by molar-refractivity contribution is 7.26. The van der Waals surface area contributed by atoms with Crippen molar-refractivity contribution in [1.29, 1.82) is 0 Å². The van der Waals surface area contributed by atoms with Gasteiger partial charge in [0.05, 0.1) is 17.3 Å². The summed E-state index contributed by atoms with van der Waals surface area (Å²) in [5.41, 5.74) is 8.73. The molecule has 214 valence electrons. The molecule has 0 aliphatic heterocycles. The van der Waals surface area contributed by atoms with Crippen LogP contribution in [0, 0.1) is 0 Å². The lowest BCUT2D eigenvalue weighted by Gasteiger charge is -2.09. The molecule has 4 heteroatoms. The van der Waals surface area contributed by atoms with Crippen LogP contribution >= 0.6 is 11.3 Å². The van der Waals surface area contributed by atoms with E-state index in [0.29, 0.717) is 5.71 Å². The minimum Gasteiger partial charge on any atom is -0.436 e. The van der Waals surface area contributed by atoms with Crippen LogP contribution in [0.2, 0.25) is 0 Å². The molecule has 0 fully saturated rings. The summed E-state index contributed by atoms with van der Waals surface area (Å²) in [4.78, 5) is 9.97. The molecule has 0 aliphatic carbocycles. The van der Waals surface area contributed by atoms with Gasteiger partial charge in [0.25, 0.3) is 0 Å². The molecule has 0 radical (unpaired) electrons. The molecule has 0 saturated carbocycles. The van der Waals surface area contributed by atoms with Gasteiger partial charge in [0.2, 0.25) is 5.71 Å². The van der Waals surface area contributed by atoms with E-state index in [1.807, 2.05) is 17.5 Å². The first-order chi connectivity index (χ1) is 22.8. The minimum absolute atomic E-state index is 0.554. The van der Waals surface area contributed by atoms with E-state index in [-0.39, 0.29) is 0 Å². The van der Waals surface area contributed by atoms with Gasteiger partial charge in [-0.1, -0.05) is 121 Å². The zero-order valence-corrected chi connectivity index (χ0v) is 25.4. The van der Waals surface area contributed by atoms with E-state index in [2.05, 4.69) is 140 Å². The number of aromatic nitrogens is 2. The van der Waals surface area contributed by atoms with Crippen LogP contribution in [0.3, 0.4) is 0 Å². The summed E-state index contributed by atoms with van der Waals surface area (Å²) in [6, 6.07) is 49.5. The molecule has 0 atom stereocenters. The van der Waals surface area contributed by atoms with E-state index in [1.54, 1.807) is 0 Å². The Morgan fingerprint density at radius 2 is 1.11 bits per heavy atom. The molecule has 0 bridgehead atoms. The summed E-state index contributed by atoms with van der Waals surface area (Å²) < 4.78 is 9.14. The fourth-order valence-corrected chi connectivity index (χ4v) is 8.24. The van der Waals surface area contributed by atoms with E-state index in [9.17, 15) is 0 Å². The highest BCUT2D eigenvalue weighted by atomic mass is 32.1. The fraction of sp³-hybridized carbons (Fsp3) is 0. The first kappa shape index (κ1) is 25.5. The first-order valence-electron chi connectivity index (χ1n) is 15.4. The summed E-state index contributed by atoms with van der Waals surface area (Å²) in [5.74, 6) is 0. The van der Waals surface area contributed by atoms with Gasteiger partial charge in [0.15, 0.2) is 0 Å². The van der Waals surface area contributed by atoms with Crippen LogP contribution in [-0.4, -0.2) is 9.97 Å². The normalized spacial score (nSPS) is 11.9. The Labute approximate surface area is 268 Å². The maximum atomic E-state index is 6.50. The Morgan fingerprint density at radius 3 is 1.93 bits per heavy atom. The topological polar surface area (TPSA) is 38.9 Å². The maximum absolute atomic E-state index is 6.50. The van der Waals surface area contributed by atoms with Crippen LogP contribution < -0.4 is 0 Å². The Kier molecular flexibility index (Phi) is 5.45. The predicted molar refractivity (Wildman–Crippen MR) is 194 cm³/mol. The van der Waals surface area contributed by atoms with Crippen molar-refractivity contribution in [2.75, 3.05) is 0 Å². The van der Waals surface area contributed by atoms with Crippen molar-refractivity contribution in [3.05, 3.63) is 146 Å². The van der Waals surface area contributed by atoms with Gasteiger partial charge >= 0.3 is 0 Å². The Bertz CT molecular complexity index is 2830. The highest BCUT2D eigenvalue weighted by Crippen LogP contribution is 2.42. The molecule has 3 heterocycles. The number of nitrogens with zero attached hydrogens (tertiary/aromatic N) is 2. The third kappa shape index (κ3) is 3.77. The molecule has 3 aromatic heterocycles. The number of furan rings is 1. The second-order valence-electron chi connectivity index (χ2n) is 11.7. The molecule has 0 spiro atoms. The number of rotatable bonds is 3. The first-order valence-corrected chi connectivity index (χ1v) is 16.2. The molecule has 3 nitrogen and oxygen atoms in total. The molecular formula is C42H24N2OS. The molecule has 0 saturated heterocycles. The molecule has 0 amide bonds. The van der Waals surface area contributed by atoms with Crippen molar-refractivity contribution in [2.45, 2.75) is 0 Å². The predicted octanol–water partition coefficient (Wildman–Crippen LogP) is 12.1. The van der Waals surface area contributed by atoms with E-state index in [4.69, 9.17) is 14.4 Å². The van der Waals surface area contributed by atoms with Crippen LogP contribution in [0.1, 0.15) is 0 Å². The van der Waals surface area contributed by atoms with Crippen molar-refractivity contribution in [2.24, 2.45) is 0 Å². The van der Waals surface area contributed by atoms with Crippen molar-refractivity contribution in [3.63, 3.8) is 0 Å². The number of thiophene rings is 1. The SMILES string of the molecule is c1cc(-c2cccc(-c3cccc4c3sc3ccccc34)c2)cc(-c2cnc3c(n2)oc2c4ccccc4c4ccccc4c32)c1. The van der Waals surface area contributed by atoms with Crippen LogP contribution in [0.15, 0.2) is 150 Å². The fourth-order valence-electron chi connectivity index (χ4n) is 7.00. The summed E-state index contributed by atoms with van der Waals surface area (Å²) >= 11 is 1.86. The van der Waals surface area contributed by atoms with Crippen LogP contribution in [0.4, 0.5) is 0 Å². The largest absolute Gasteiger partial charge is 0.436 e. The monoisotopic (exact) mass is 604 g/mol. The molecule has 46 heavy (non-hydrogen) atoms. The van der Waals surface area contributed by atoms with Gasteiger partial charge < -0.3 is 4.42 Å². The average Bonchev–Trinajstić information content (AvgIpc) is 3.71.